The lowest BCUT2D eigenvalue weighted by Gasteiger charge is -2.28. The van der Waals surface area contributed by atoms with Gasteiger partial charge in [0.1, 0.15) is 6.04 Å². The molecule has 0 unspecified atom stereocenters. The fraction of sp³-hybridized carbons (Fsp3) is 0.786. The summed E-state index contributed by atoms with van der Waals surface area (Å²) in [4.78, 5) is 35.4. The van der Waals surface area contributed by atoms with Gasteiger partial charge in [-0.15, -0.1) is 0 Å². The molecule has 2 amide bonds. The monoisotopic (exact) mass is 302 g/mol. The summed E-state index contributed by atoms with van der Waals surface area (Å²) in [6.45, 7) is 8.93. The van der Waals surface area contributed by atoms with E-state index in [0.29, 0.717) is 13.1 Å². The molecule has 0 aliphatic rings. The van der Waals surface area contributed by atoms with E-state index in [1.165, 1.54) is 0 Å². The summed E-state index contributed by atoms with van der Waals surface area (Å²) in [5, 5.41) is 20.1. The number of urea groups is 1. The molecular weight excluding hydrogens is 276 g/mol. The van der Waals surface area contributed by atoms with Crippen LogP contribution in [0.4, 0.5) is 4.79 Å². The molecule has 7 nitrogen and oxygen atoms in total. The molecule has 0 aliphatic heterocycles. The highest BCUT2D eigenvalue weighted by Gasteiger charge is 2.24. The van der Waals surface area contributed by atoms with E-state index < -0.39 is 24.0 Å². The van der Waals surface area contributed by atoms with Crippen LogP contribution in [-0.2, 0) is 9.59 Å². The molecule has 1 atom stereocenters. The van der Waals surface area contributed by atoms with Crippen molar-refractivity contribution in [3.63, 3.8) is 0 Å². The van der Waals surface area contributed by atoms with Gasteiger partial charge in [-0.2, -0.15) is 0 Å². The highest BCUT2D eigenvalue weighted by molar-refractivity contribution is 5.83. The van der Waals surface area contributed by atoms with E-state index in [1.54, 1.807) is 4.90 Å². The molecule has 0 radical (unpaired) electrons. The van der Waals surface area contributed by atoms with Crippen molar-refractivity contribution in [3.05, 3.63) is 0 Å². The lowest BCUT2D eigenvalue weighted by molar-refractivity contribution is -0.140. The summed E-state index contributed by atoms with van der Waals surface area (Å²) in [5.74, 6) is -1.79. The first kappa shape index (κ1) is 19.2. The number of carbonyl (C=O) groups is 3. The molecule has 0 aromatic carbocycles. The van der Waals surface area contributed by atoms with Crippen LogP contribution >= 0.6 is 0 Å². The zero-order valence-electron chi connectivity index (χ0n) is 13.1. The number of hydrogen-bond donors (Lipinski definition) is 3. The molecule has 0 aliphatic carbocycles. The van der Waals surface area contributed by atoms with Crippen LogP contribution in [0.2, 0.25) is 0 Å². The highest BCUT2D eigenvalue weighted by atomic mass is 16.4. The minimum Gasteiger partial charge on any atom is -0.481 e. The Bertz CT molecular complexity index is 358. The number of rotatable bonds is 9. The predicted molar refractivity (Wildman–Crippen MR) is 78.1 cm³/mol. The molecule has 0 saturated carbocycles. The van der Waals surface area contributed by atoms with Crippen LogP contribution in [0.5, 0.6) is 0 Å². The zero-order chi connectivity index (χ0) is 16.6. The second-order valence-corrected chi connectivity index (χ2v) is 5.97. The summed E-state index contributed by atoms with van der Waals surface area (Å²) < 4.78 is 0. The van der Waals surface area contributed by atoms with Gasteiger partial charge in [-0.05, 0) is 18.3 Å². The maximum Gasteiger partial charge on any atom is 0.326 e. The zero-order valence-corrected chi connectivity index (χ0v) is 13.1. The van der Waals surface area contributed by atoms with Gasteiger partial charge in [-0.25, -0.2) is 9.59 Å². The average Bonchev–Trinajstić information content (AvgIpc) is 2.31. The van der Waals surface area contributed by atoms with E-state index in [4.69, 9.17) is 10.2 Å². The van der Waals surface area contributed by atoms with Gasteiger partial charge in [0.05, 0.1) is 0 Å². The molecule has 122 valence electrons. The quantitative estimate of drug-likeness (QED) is 0.600. The predicted octanol–water partition coefficient (Wildman–Crippen LogP) is 1.63. The molecule has 0 rings (SSSR count). The van der Waals surface area contributed by atoms with Crippen molar-refractivity contribution in [1.29, 1.82) is 0 Å². The minimum atomic E-state index is -1.22. The number of carbonyl (C=O) groups excluding carboxylic acids is 1. The average molecular weight is 302 g/mol. The normalized spacial score (nSPS) is 12.3. The van der Waals surface area contributed by atoms with Gasteiger partial charge in [0.25, 0.3) is 0 Å². The number of aliphatic carboxylic acids is 2. The van der Waals surface area contributed by atoms with Crippen LogP contribution in [0, 0.1) is 11.8 Å². The van der Waals surface area contributed by atoms with Gasteiger partial charge in [-0.1, -0.05) is 27.7 Å². The van der Waals surface area contributed by atoms with E-state index in [9.17, 15) is 14.4 Å². The van der Waals surface area contributed by atoms with Crippen LogP contribution in [0.3, 0.4) is 0 Å². The Balaban J connectivity index is 4.73. The Kier molecular flexibility index (Phi) is 8.42. The van der Waals surface area contributed by atoms with Crippen molar-refractivity contribution >= 4 is 18.0 Å². The second kappa shape index (κ2) is 9.20. The SMILES string of the molecule is CC(C)CN(CC(C)C)C(=O)N[C@@H](CCC(=O)O)C(=O)O. The van der Waals surface area contributed by atoms with Crippen molar-refractivity contribution in [1.82, 2.24) is 10.2 Å². The van der Waals surface area contributed by atoms with Gasteiger partial charge in [0.15, 0.2) is 0 Å². The molecule has 0 spiro atoms. The van der Waals surface area contributed by atoms with Crippen molar-refractivity contribution in [2.75, 3.05) is 13.1 Å². The Hall–Kier alpha value is -1.79. The topological polar surface area (TPSA) is 107 Å². The van der Waals surface area contributed by atoms with E-state index in [2.05, 4.69) is 5.32 Å². The lowest BCUT2D eigenvalue weighted by Crippen LogP contribution is -2.50. The molecule has 7 heteroatoms. The third-order valence-electron chi connectivity index (χ3n) is 2.70. The second-order valence-electron chi connectivity index (χ2n) is 5.97. The van der Waals surface area contributed by atoms with Gasteiger partial charge < -0.3 is 20.4 Å². The van der Waals surface area contributed by atoms with Gasteiger partial charge >= 0.3 is 18.0 Å². The molecule has 3 N–H and O–H groups in total. The van der Waals surface area contributed by atoms with E-state index >= 15 is 0 Å². The van der Waals surface area contributed by atoms with Crippen LogP contribution in [0.1, 0.15) is 40.5 Å². The molecule has 0 bridgehead atoms. The molecule has 21 heavy (non-hydrogen) atoms. The number of amides is 2. The Labute approximate surface area is 125 Å². The molecule has 0 saturated heterocycles. The van der Waals surface area contributed by atoms with Gasteiger partial charge in [-0.3, -0.25) is 4.79 Å². The van der Waals surface area contributed by atoms with Crippen LogP contribution < -0.4 is 5.32 Å². The van der Waals surface area contributed by atoms with Crippen LogP contribution in [0.15, 0.2) is 0 Å². The minimum absolute atomic E-state index is 0.131. The molecule has 0 fully saturated rings. The van der Waals surface area contributed by atoms with Gasteiger partial charge in [0.2, 0.25) is 0 Å². The van der Waals surface area contributed by atoms with Crippen molar-refractivity contribution < 1.29 is 24.6 Å². The molecule has 0 aromatic rings. The van der Waals surface area contributed by atoms with Crippen molar-refractivity contribution in [2.45, 2.75) is 46.6 Å². The Morgan fingerprint density at radius 1 is 1.00 bits per heavy atom. The fourth-order valence-electron chi connectivity index (χ4n) is 1.89. The smallest absolute Gasteiger partial charge is 0.326 e. The molecular formula is C14H26N2O5. The van der Waals surface area contributed by atoms with E-state index in [1.807, 2.05) is 27.7 Å². The molecule has 0 heterocycles. The third-order valence-corrected chi connectivity index (χ3v) is 2.70. The summed E-state index contributed by atoms with van der Waals surface area (Å²) in [5.41, 5.74) is 0. The highest BCUT2D eigenvalue weighted by Crippen LogP contribution is 2.06. The van der Waals surface area contributed by atoms with E-state index in [-0.39, 0.29) is 24.7 Å². The summed E-state index contributed by atoms with van der Waals surface area (Å²) in [6, 6.07) is -1.65. The summed E-state index contributed by atoms with van der Waals surface area (Å²) >= 11 is 0. The van der Waals surface area contributed by atoms with Crippen molar-refractivity contribution in [2.24, 2.45) is 11.8 Å². The van der Waals surface area contributed by atoms with Gasteiger partial charge in [0, 0.05) is 19.5 Å². The van der Waals surface area contributed by atoms with Crippen LogP contribution in [0.25, 0.3) is 0 Å². The van der Waals surface area contributed by atoms with E-state index in [0.717, 1.165) is 0 Å². The first-order valence-corrected chi connectivity index (χ1v) is 7.13. The largest absolute Gasteiger partial charge is 0.481 e. The maximum atomic E-state index is 12.2. The number of carboxylic acids is 2. The first-order valence-electron chi connectivity index (χ1n) is 7.13. The standard InChI is InChI=1S/C14H26N2O5/c1-9(2)7-16(8-10(3)4)14(21)15-11(13(19)20)5-6-12(17)18/h9-11H,5-8H2,1-4H3,(H,15,21)(H,17,18)(H,19,20)/t11-/m0/s1. The summed E-state index contributed by atoms with van der Waals surface area (Å²) in [6.07, 6.45) is -0.431. The van der Waals surface area contributed by atoms with Crippen molar-refractivity contribution in [3.8, 4) is 0 Å². The fourth-order valence-corrected chi connectivity index (χ4v) is 1.89. The first-order chi connectivity index (χ1) is 9.63. The lowest BCUT2D eigenvalue weighted by atomic mass is 10.1. The number of nitrogens with zero attached hydrogens (tertiary/aromatic N) is 1. The number of carboxylic acid groups (broad SMARTS) is 2. The summed E-state index contributed by atoms with van der Waals surface area (Å²) in [7, 11) is 0. The third kappa shape index (κ3) is 8.88. The number of hydrogen-bond acceptors (Lipinski definition) is 3. The maximum absolute atomic E-state index is 12.2. The molecule has 0 aromatic heterocycles. The van der Waals surface area contributed by atoms with Crippen LogP contribution in [-0.4, -0.2) is 52.2 Å². The number of nitrogens with one attached hydrogen (secondary N) is 1. The Morgan fingerprint density at radius 2 is 1.48 bits per heavy atom. The Morgan fingerprint density at radius 3 is 1.81 bits per heavy atom.